The molecular weight excluding hydrogens is 316 g/mol. The minimum atomic E-state index is -0.696. The summed E-state index contributed by atoms with van der Waals surface area (Å²) in [4.78, 5) is 41.2. The Morgan fingerprint density at radius 2 is 1.95 bits per heavy atom. The van der Waals surface area contributed by atoms with Gasteiger partial charge in [0.15, 0.2) is 5.16 Å². The number of anilines is 2. The van der Waals surface area contributed by atoms with Crippen LogP contribution in [0.3, 0.4) is 0 Å². The van der Waals surface area contributed by atoms with Crippen molar-refractivity contribution in [3.05, 3.63) is 39.1 Å². The number of rotatable bonds is 2. The molecule has 2 heterocycles. The summed E-state index contributed by atoms with van der Waals surface area (Å²) in [5, 5.41) is 2.98. The van der Waals surface area contributed by atoms with Crippen LogP contribution in [-0.2, 0) is 4.79 Å². The number of fused-ring (bicyclic) bond motifs is 1. The maximum absolute atomic E-state index is 11.6. The molecule has 3 rings (SSSR count). The topological polar surface area (TPSA) is 118 Å². The second-order valence-electron chi connectivity index (χ2n) is 4.19. The zero-order valence-corrected chi connectivity index (χ0v) is 11.8. The van der Waals surface area contributed by atoms with E-state index in [0.717, 1.165) is 17.8 Å². The Bertz CT molecular complexity index is 849. The second kappa shape index (κ2) is 4.90. The molecule has 0 bridgehead atoms. The number of carbonyl (C=O) groups excluding carboxylic acids is 2. The predicted octanol–water partition coefficient (Wildman–Crippen LogP) is 1.29. The van der Waals surface area contributed by atoms with E-state index in [1.807, 2.05) is 0 Å². The fourth-order valence-electron chi connectivity index (χ4n) is 1.83. The van der Waals surface area contributed by atoms with Crippen LogP contribution < -0.4 is 16.6 Å². The van der Waals surface area contributed by atoms with Gasteiger partial charge in [-0.1, -0.05) is 23.4 Å². The lowest BCUT2D eigenvalue weighted by Crippen LogP contribution is -2.12. The number of aromatic nitrogens is 2. The third-order valence-corrected chi connectivity index (χ3v) is 4.09. The van der Waals surface area contributed by atoms with Crippen molar-refractivity contribution in [1.29, 1.82) is 0 Å². The number of nitrogen functional groups attached to an aromatic ring is 1. The lowest BCUT2D eigenvalue weighted by atomic mass is 10.1. The summed E-state index contributed by atoms with van der Waals surface area (Å²) in [6, 6.07) is 4.12. The van der Waals surface area contributed by atoms with E-state index in [0.29, 0.717) is 10.6 Å². The van der Waals surface area contributed by atoms with Gasteiger partial charge in [0.05, 0.1) is 16.3 Å². The zero-order valence-electron chi connectivity index (χ0n) is 10.3. The lowest BCUT2D eigenvalue weighted by Gasteiger charge is -2.06. The van der Waals surface area contributed by atoms with Crippen molar-refractivity contribution in [1.82, 2.24) is 9.97 Å². The summed E-state index contributed by atoms with van der Waals surface area (Å²) in [5.41, 5.74) is 5.72. The number of amides is 1. The first-order chi connectivity index (χ1) is 9.94. The Balaban J connectivity index is 2.01. The number of benzene rings is 1. The molecule has 106 valence electrons. The predicted molar refractivity (Wildman–Crippen MR) is 77.8 cm³/mol. The van der Waals surface area contributed by atoms with Gasteiger partial charge >= 0.3 is 0 Å². The summed E-state index contributed by atoms with van der Waals surface area (Å²) >= 11 is 7.16. The lowest BCUT2D eigenvalue weighted by molar-refractivity contribution is -0.112. The minimum Gasteiger partial charge on any atom is -0.383 e. The van der Waals surface area contributed by atoms with Gasteiger partial charge in [0.1, 0.15) is 5.82 Å². The van der Waals surface area contributed by atoms with E-state index in [1.165, 1.54) is 6.07 Å². The van der Waals surface area contributed by atoms with Gasteiger partial charge in [-0.05, 0) is 12.1 Å². The quantitative estimate of drug-likeness (QED) is 0.566. The number of aromatic amines is 1. The van der Waals surface area contributed by atoms with Gasteiger partial charge in [-0.15, -0.1) is 0 Å². The van der Waals surface area contributed by atoms with E-state index in [-0.39, 0.29) is 27.1 Å². The molecule has 7 nitrogen and oxygen atoms in total. The molecule has 1 aliphatic rings. The van der Waals surface area contributed by atoms with Gasteiger partial charge in [0, 0.05) is 11.0 Å². The third kappa shape index (κ3) is 2.50. The molecule has 1 aromatic carbocycles. The van der Waals surface area contributed by atoms with Crippen LogP contribution in [0.1, 0.15) is 10.4 Å². The largest absolute Gasteiger partial charge is 0.383 e. The Morgan fingerprint density at radius 1 is 1.19 bits per heavy atom. The Morgan fingerprint density at radius 3 is 2.67 bits per heavy atom. The molecule has 0 spiro atoms. The highest BCUT2D eigenvalue weighted by atomic mass is 35.5. The second-order valence-corrected chi connectivity index (χ2v) is 5.63. The first-order valence-electron chi connectivity index (χ1n) is 5.68. The Labute approximate surface area is 126 Å². The number of hydrogen-bond donors (Lipinski definition) is 3. The van der Waals surface area contributed by atoms with Crippen LogP contribution in [0, 0.1) is 0 Å². The number of nitrogens with two attached hydrogens (primary N) is 1. The van der Waals surface area contributed by atoms with Crippen molar-refractivity contribution in [2.24, 2.45) is 0 Å². The molecule has 0 unspecified atom stereocenters. The molecule has 0 fully saturated rings. The van der Waals surface area contributed by atoms with E-state index < -0.39 is 11.7 Å². The first-order valence-corrected chi connectivity index (χ1v) is 6.87. The molecule has 9 heteroatoms. The van der Waals surface area contributed by atoms with Crippen molar-refractivity contribution < 1.29 is 9.59 Å². The first kappa shape index (κ1) is 13.7. The van der Waals surface area contributed by atoms with Crippen molar-refractivity contribution >= 4 is 46.6 Å². The van der Waals surface area contributed by atoms with Crippen LogP contribution in [0.2, 0.25) is 5.02 Å². The molecule has 0 saturated carbocycles. The number of H-pyrrole nitrogens is 1. The molecule has 2 aromatic rings. The fourth-order valence-corrected chi connectivity index (χ4v) is 2.95. The van der Waals surface area contributed by atoms with Crippen LogP contribution >= 0.6 is 23.4 Å². The average molecular weight is 323 g/mol. The highest BCUT2D eigenvalue weighted by Gasteiger charge is 2.29. The maximum atomic E-state index is 11.6. The Hall–Kier alpha value is -2.32. The minimum absolute atomic E-state index is 0.0852. The third-order valence-electron chi connectivity index (χ3n) is 2.72. The molecule has 0 radical (unpaired) electrons. The number of nitrogens with one attached hydrogen (secondary N) is 2. The highest BCUT2D eigenvalue weighted by Crippen LogP contribution is 2.37. The van der Waals surface area contributed by atoms with Gasteiger partial charge in [0.25, 0.3) is 17.2 Å². The molecule has 4 N–H and O–H groups in total. The van der Waals surface area contributed by atoms with Gasteiger partial charge in [-0.3, -0.25) is 14.4 Å². The molecule has 1 aromatic heterocycles. The van der Waals surface area contributed by atoms with Crippen molar-refractivity contribution in [3.63, 3.8) is 0 Å². The van der Waals surface area contributed by atoms with Crippen molar-refractivity contribution in [2.45, 2.75) is 10.1 Å². The SMILES string of the molecule is Nc1cc(=O)[nH]c(Sc2cc3c(cc2Cl)C(=O)C(=O)N3)n1. The molecular formula is C12H7ClN4O3S. The van der Waals surface area contributed by atoms with E-state index >= 15 is 0 Å². The Kier molecular flexibility index (Phi) is 3.19. The van der Waals surface area contributed by atoms with Gasteiger partial charge in [-0.2, -0.15) is 0 Å². The molecule has 1 amide bonds. The fraction of sp³-hybridized carbons (Fsp3) is 0. The van der Waals surface area contributed by atoms with E-state index in [1.54, 1.807) is 6.07 Å². The number of halogens is 1. The normalized spacial score (nSPS) is 13.2. The molecule has 1 aliphatic heterocycles. The van der Waals surface area contributed by atoms with Gasteiger partial charge < -0.3 is 16.0 Å². The number of nitrogens with zero attached hydrogens (tertiary/aromatic N) is 1. The summed E-state index contributed by atoms with van der Waals surface area (Å²) in [7, 11) is 0. The van der Waals surface area contributed by atoms with Gasteiger partial charge in [0.2, 0.25) is 0 Å². The van der Waals surface area contributed by atoms with Crippen LogP contribution in [0.4, 0.5) is 11.5 Å². The monoisotopic (exact) mass is 322 g/mol. The summed E-state index contributed by atoms with van der Waals surface area (Å²) < 4.78 is 0. The van der Waals surface area contributed by atoms with Crippen LogP contribution in [0.15, 0.2) is 33.0 Å². The van der Waals surface area contributed by atoms with Crippen LogP contribution in [0.5, 0.6) is 0 Å². The van der Waals surface area contributed by atoms with Crippen LogP contribution in [-0.4, -0.2) is 21.7 Å². The molecule has 21 heavy (non-hydrogen) atoms. The number of Topliss-reactive ketones (excluding diaryl/α,β-unsaturated/α-hetero) is 1. The van der Waals surface area contributed by atoms with Gasteiger partial charge in [-0.25, -0.2) is 4.98 Å². The molecule has 0 aliphatic carbocycles. The number of ketones is 1. The van der Waals surface area contributed by atoms with Crippen LogP contribution in [0.25, 0.3) is 0 Å². The molecule has 0 atom stereocenters. The highest BCUT2D eigenvalue weighted by molar-refractivity contribution is 7.99. The maximum Gasteiger partial charge on any atom is 0.296 e. The standard InChI is InChI=1S/C12H7ClN4O3S/c13-5-1-4-6(15-11(20)10(4)19)2-7(5)21-12-16-8(14)3-9(18)17-12/h1-3H,(H,15,19,20)(H3,14,16,17,18). The molecule has 0 saturated heterocycles. The van der Waals surface area contributed by atoms with E-state index in [9.17, 15) is 14.4 Å². The summed E-state index contributed by atoms with van der Waals surface area (Å²) in [6.45, 7) is 0. The van der Waals surface area contributed by atoms with Crippen molar-refractivity contribution in [3.8, 4) is 0 Å². The summed E-state index contributed by atoms with van der Waals surface area (Å²) in [6.07, 6.45) is 0. The van der Waals surface area contributed by atoms with E-state index in [4.69, 9.17) is 17.3 Å². The van der Waals surface area contributed by atoms with E-state index in [2.05, 4.69) is 15.3 Å². The smallest absolute Gasteiger partial charge is 0.296 e. The number of carbonyl (C=O) groups is 2. The zero-order chi connectivity index (χ0) is 15.1. The average Bonchev–Trinajstić information content (AvgIpc) is 2.65. The van der Waals surface area contributed by atoms with Crippen molar-refractivity contribution in [2.75, 3.05) is 11.1 Å². The summed E-state index contributed by atoms with van der Waals surface area (Å²) in [5.74, 6) is -1.24. The number of hydrogen-bond acceptors (Lipinski definition) is 6.